The van der Waals surface area contributed by atoms with Crippen LogP contribution in [-0.4, -0.2) is 25.3 Å². The molecule has 1 aromatic carbocycles. The quantitative estimate of drug-likeness (QED) is 0.921. The van der Waals surface area contributed by atoms with Crippen LogP contribution in [0, 0.1) is 13.8 Å². The van der Waals surface area contributed by atoms with Crippen LogP contribution in [0.15, 0.2) is 6.07 Å². The highest BCUT2D eigenvalue weighted by Crippen LogP contribution is 2.48. The molecule has 1 fully saturated rings. The van der Waals surface area contributed by atoms with Gasteiger partial charge in [-0.3, -0.25) is 4.79 Å². The first-order valence-electron chi connectivity index (χ1n) is 7.44. The zero-order chi connectivity index (χ0) is 15.6. The molecule has 2 rings (SSSR count). The third-order valence-corrected chi connectivity index (χ3v) is 4.70. The fourth-order valence-electron chi connectivity index (χ4n) is 3.64. The van der Waals surface area contributed by atoms with Gasteiger partial charge in [-0.05, 0) is 38.3 Å². The second-order valence-corrected chi connectivity index (χ2v) is 5.88. The fourth-order valence-corrected chi connectivity index (χ4v) is 3.64. The molecule has 0 aromatic heterocycles. The standard InChI is InChI=1S/C17H24O4/c1-11-10-13(20-3)12(2)15(21-4)14(11)17(16(18)19)8-6-5-7-9-17/h10H,5-9H2,1-4H3,(H,18,19). The second kappa shape index (κ2) is 5.96. The lowest BCUT2D eigenvalue weighted by Gasteiger charge is -2.36. The molecule has 0 amide bonds. The summed E-state index contributed by atoms with van der Waals surface area (Å²) in [6.07, 6.45) is 4.34. The van der Waals surface area contributed by atoms with E-state index in [0.717, 1.165) is 41.7 Å². The Morgan fingerprint density at radius 3 is 2.24 bits per heavy atom. The molecule has 1 saturated carbocycles. The van der Waals surface area contributed by atoms with Gasteiger partial charge in [0, 0.05) is 11.1 Å². The highest BCUT2D eigenvalue weighted by Gasteiger charge is 2.45. The summed E-state index contributed by atoms with van der Waals surface area (Å²) >= 11 is 0. The Morgan fingerprint density at radius 1 is 1.14 bits per heavy atom. The van der Waals surface area contributed by atoms with Crippen LogP contribution in [0.5, 0.6) is 11.5 Å². The Kier molecular flexibility index (Phi) is 4.45. The topological polar surface area (TPSA) is 55.8 Å². The number of carbonyl (C=O) groups is 1. The van der Waals surface area contributed by atoms with Crippen molar-refractivity contribution in [3.63, 3.8) is 0 Å². The normalized spacial score (nSPS) is 17.3. The number of benzene rings is 1. The van der Waals surface area contributed by atoms with Gasteiger partial charge in [-0.25, -0.2) is 0 Å². The molecular weight excluding hydrogens is 268 g/mol. The van der Waals surface area contributed by atoms with Crippen molar-refractivity contribution in [1.29, 1.82) is 0 Å². The van der Waals surface area contributed by atoms with E-state index in [2.05, 4.69) is 0 Å². The monoisotopic (exact) mass is 292 g/mol. The Morgan fingerprint density at radius 2 is 1.76 bits per heavy atom. The van der Waals surface area contributed by atoms with E-state index in [-0.39, 0.29) is 0 Å². The van der Waals surface area contributed by atoms with Gasteiger partial charge < -0.3 is 14.6 Å². The van der Waals surface area contributed by atoms with Gasteiger partial charge in [0.2, 0.25) is 0 Å². The van der Waals surface area contributed by atoms with E-state index >= 15 is 0 Å². The average molecular weight is 292 g/mol. The van der Waals surface area contributed by atoms with Gasteiger partial charge >= 0.3 is 5.97 Å². The van der Waals surface area contributed by atoms with Gasteiger partial charge in [0.05, 0.1) is 19.6 Å². The molecule has 0 heterocycles. The van der Waals surface area contributed by atoms with Crippen LogP contribution >= 0.6 is 0 Å². The van der Waals surface area contributed by atoms with E-state index in [9.17, 15) is 9.90 Å². The number of methoxy groups -OCH3 is 2. The summed E-state index contributed by atoms with van der Waals surface area (Å²) in [5.74, 6) is 0.661. The minimum absolute atomic E-state index is 0.663. The van der Waals surface area contributed by atoms with Crippen LogP contribution in [0.4, 0.5) is 0 Å². The first-order valence-corrected chi connectivity index (χ1v) is 7.44. The van der Waals surface area contributed by atoms with E-state index < -0.39 is 11.4 Å². The molecule has 4 nitrogen and oxygen atoms in total. The summed E-state index contributed by atoms with van der Waals surface area (Å²) in [5, 5.41) is 9.92. The maximum atomic E-state index is 12.1. The maximum Gasteiger partial charge on any atom is 0.314 e. The van der Waals surface area contributed by atoms with Gasteiger partial charge in [0.25, 0.3) is 0 Å². The summed E-state index contributed by atoms with van der Waals surface area (Å²) < 4.78 is 11.0. The third kappa shape index (κ3) is 2.47. The summed E-state index contributed by atoms with van der Waals surface area (Å²) in [4.78, 5) is 12.1. The first-order chi connectivity index (χ1) is 9.97. The van der Waals surface area contributed by atoms with Crippen LogP contribution in [-0.2, 0) is 10.2 Å². The number of ether oxygens (including phenoxy) is 2. The molecule has 1 N–H and O–H groups in total. The predicted molar refractivity (Wildman–Crippen MR) is 81.4 cm³/mol. The molecule has 0 spiro atoms. The van der Waals surface area contributed by atoms with Crippen molar-refractivity contribution in [2.24, 2.45) is 0 Å². The van der Waals surface area contributed by atoms with E-state index in [4.69, 9.17) is 9.47 Å². The number of hydrogen-bond donors (Lipinski definition) is 1. The molecule has 0 unspecified atom stereocenters. The van der Waals surface area contributed by atoms with Gasteiger partial charge in [-0.15, -0.1) is 0 Å². The minimum atomic E-state index is -0.829. The second-order valence-electron chi connectivity index (χ2n) is 5.88. The first kappa shape index (κ1) is 15.7. The Hall–Kier alpha value is -1.71. The molecule has 1 aromatic rings. The highest BCUT2D eigenvalue weighted by molar-refractivity contribution is 5.84. The molecule has 0 bridgehead atoms. The zero-order valence-electron chi connectivity index (χ0n) is 13.3. The summed E-state index contributed by atoms with van der Waals surface area (Å²) in [6, 6.07) is 1.92. The SMILES string of the molecule is COc1cc(C)c(C2(C(=O)O)CCCCC2)c(OC)c1C. The van der Waals surface area contributed by atoms with Crippen LogP contribution in [0.3, 0.4) is 0 Å². The molecule has 1 aliphatic rings. The van der Waals surface area contributed by atoms with E-state index in [1.807, 2.05) is 19.9 Å². The lowest BCUT2D eigenvalue weighted by Crippen LogP contribution is -2.39. The van der Waals surface area contributed by atoms with Crippen LogP contribution in [0.1, 0.15) is 48.8 Å². The third-order valence-electron chi connectivity index (χ3n) is 4.70. The molecule has 0 radical (unpaired) electrons. The fraction of sp³-hybridized carbons (Fsp3) is 0.588. The van der Waals surface area contributed by atoms with Crippen molar-refractivity contribution in [1.82, 2.24) is 0 Å². The summed E-state index contributed by atoms with van der Waals surface area (Å²) in [7, 11) is 3.22. The average Bonchev–Trinajstić information content (AvgIpc) is 2.49. The number of hydrogen-bond acceptors (Lipinski definition) is 3. The Labute approximate surface area is 126 Å². The molecule has 0 aliphatic heterocycles. The molecule has 0 saturated heterocycles. The van der Waals surface area contributed by atoms with Crippen molar-refractivity contribution in [3.8, 4) is 11.5 Å². The number of carboxylic acids is 1. The van der Waals surface area contributed by atoms with Crippen LogP contribution in [0.25, 0.3) is 0 Å². The molecular formula is C17H24O4. The maximum absolute atomic E-state index is 12.1. The van der Waals surface area contributed by atoms with Crippen LogP contribution in [0.2, 0.25) is 0 Å². The minimum Gasteiger partial charge on any atom is -0.496 e. The molecule has 21 heavy (non-hydrogen) atoms. The van der Waals surface area contributed by atoms with Crippen molar-refractivity contribution < 1.29 is 19.4 Å². The van der Waals surface area contributed by atoms with Crippen molar-refractivity contribution in [2.45, 2.75) is 51.4 Å². The van der Waals surface area contributed by atoms with Crippen molar-refractivity contribution in [2.75, 3.05) is 14.2 Å². The number of carboxylic acid groups (broad SMARTS) is 1. The summed E-state index contributed by atoms with van der Waals surface area (Å²) in [5.41, 5.74) is 1.80. The van der Waals surface area contributed by atoms with Crippen LogP contribution < -0.4 is 9.47 Å². The van der Waals surface area contributed by atoms with Crippen molar-refractivity contribution in [3.05, 3.63) is 22.8 Å². The lowest BCUT2D eigenvalue weighted by atomic mass is 9.67. The molecule has 116 valence electrons. The molecule has 0 atom stereocenters. The number of rotatable bonds is 4. The molecule has 1 aliphatic carbocycles. The highest BCUT2D eigenvalue weighted by atomic mass is 16.5. The largest absolute Gasteiger partial charge is 0.496 e. The predicted octanol–water partition coefficient (Wildman–Crippen LogP) is 3.61. The van der Waals surface area contributed by atoms with Gasteiger partial charge in [0.1, 0.15) is 11.5 Å². The smallest absolute Gasteiger partial charge is 0.314 e. The number of aliphatic carboxylic acids is 1. The summed E-state index contributed by atoms with van der Waals surface area (Å²) in [6.45, 7) is 3.86. The molecule has 4 heteroatoms. The van der Waals surface area contributed by atoms with E-state index in [0.29, 0.717) is 18.6 Å². The Balaban J connectivity index is 2.71. The Bertz CT molecular complexity index is 542. The van der Waals surface area contributed by atoms with Gasteiger partial charge in [0.15, 0.2) is 0 Å². The van der Waals surface area contributed by atoms with Crippen molar-refractivity contribution >= 4 is 5.97 Å². The van der Waals surface area contributed by atoms with E-state index in [1.165, 1.54) is 0 Å². The number of aryl methyl sites for hydroxylation is 1. The van der Waals surface area contributed by atoms with E-state index in [1.54, 1.807) is 14.2 Å². The van der Waals surface area contributed by atoms with Gasteiger partial charge in [-0.2, -0.15) is 0 Å². The zero-order valence-corrected chi connectivity index (χ0v) is 13.3. The lowest BCUT2D eigenvalue weighted by molar-refractivity contribution is -0.145. The van der Waals surface area contributed by atoms with Gasteiger partial charge in [-0.1, -0.05) is 19.3 Å².